The second-order valence-corrected chi connectivity index (χ2v) is 7.56. The number of hydrogen-bond acceptors (Lipinski definition) is 4. The van der Waals surface area contributed by atoms with Crippen molar-refractivity contribution in [3.8, 4) is 11.5 Å². The van der Waals surface area contributed by atoms with Crippen LogP contribution in [0.2, 0.25) is 0 Å². The first kappa shape index (κ1) is 20.8. The van der Waals surface area contributed by atoms with Crippen LogP contribution < -0.4 is 21.9 Å². The monoisotopic (exact) mass is 383 g/mol. The van der Waals surface area contributed by atoms with Gasteiger partial charge >= 0.3 is 5.97 Å². The highest BCUT2D eigenvalue weighted by molar-refractivity contribution is 5.92. The van der Waals surface area contributed by atoms with E-state index in [4.69, 9.17) is 14.2 Å². The molecule has 3 rings (SSSR count). The molecule has 5 nitrogen and oxygen atoms in total. The standard InChI is InChI=1S/C20H30NO4.ClH/c1-21-11-5-4-8-18(21)15(7-6-12-21)14-25-20(22)17-10-9-16(23-2)13-19(17)24-3;/h9-10,13,15,18H,4-8,11-12,14H2,1-3H3;1H/q+1;/p-1. The number of quaternary nitrogens is 1. The zero-order chi connectivity index (χ0) is 17.9. The van der Waals surface area contributed by atoms with E-state index >= 15 is 0 Å². The summed E-state index contributed by atoms with van der Waals surface area (Å²) in [5, 5.41) is 0. The Morgan fingerprint density at radius 1 is 1.12 bits per heavy atom. The van der Waals surface area contributed by atoms with Crippen LogP contribution in [0.5, 0.6) is 11.5 Å². The van der Waals surface area contributed by atoms with Gasteiger partial charge < -0.3 is 31.1 Å². The molecule has 0 aromatic heterocycles. The second-order valence-electron chi connectivity index (χ2n) is 7.56. The lowest BCUT2D eigenvalue weighted by Gasteiger charge is -2.51. The lowest BCUT2D eigenvalue weighted by Crippen LogP contribution is -3.00. The molecule has 26 heavy (non-hydrogen) atoms. The second kappa shape index (κ2) is 8.96. The molecule has 2 aliphatic heterocycles. The molecule has 2 heterocycles. The maximum atomic E-state index is 12.6. The first-order valence-electron chi connectivity index (χ1n) is 9.31. The third-order valence-electron chi connectivity index (χ3n) is 6.06. The minimum Gasteiger partial charge on any atom is -1.00 e. The lowest BCUT2D eigenvalue weighted by molar-refractivity contribution is -0.947. The van der Waals surface area contributed by atoms with Crippen LogP contribution in [0, 0.1) is 5.92 Å². The van der Waals surface area contributed by atoms with Gasteiger partial charge in [-0.25, -0.2) is 4.79 Å². The summed E-state index contributed by atoms with van der Waals surface area (Å²) in [4.78, 5) is 12.6. The minimum absolute atomic E-state index is 0. The summed E-state index contributed by atoms with van der Waals surface area (Å²) in [6.45, 7) is 3.04. The highest BCUT2D eigenvalue weighted by atomic mass is 35.5. The fourth-order valence-electron chi connectivity index (χ4n) is 4.66. The van der Waals surface area contributed by atoms with Crippen molar-refractivity contribution in [1.29, 1.82) is 0 Å². The van der Waals surface area contributed by atoms with Gasteiger partial charge in [-0.05, 0) is 37.8 Å². The molecule has 0 bridgehead atoms. The molecule has 3 unspecified atom stereocenters. The molecule has 1 aromatic rings. The highest BCUT2D eigenvalue weighted by Gasteiger charge is 2.43. The molecular weight excluding hydrogens is 354 g/mol. The van der Waals surface area contributed by atoms with Gasteiger partial charge in [0.05, 0.1) is 40.4 Å². The van der Waals surface area contributed by atoms with E-state index in [9.17, 15) is 4.79 Å². The lowest BCUT2D eigenvalue weighted by atomic mass is 9.82. The number of nitrogens with zero attached hydrogens (tertiary/aromatic N) is 1. The van der Waals surface area contributed by atoms with Crippen LogP contribution in [0.3, 0.4) is 0 Å². The zero-order valence-corrected chi connectivity index (χ0v) is 16.8. The average Bonchev–Trinajstić information content (AvgIpc) is 2.64. The van der Waals surface area contributed by atoms with E-state index in [1.54, 1.807) is 32.4 Å². The van der Waals surface area contributed by atoms with Gasteiger partial charge in [-0.2, -0.15) is 0 Å². The van der Waals surface area contributed by atoms with E-state index in [1.165, 1.54) is 38.8 Å². The number of halogens is 1. The number of carbonyl (C=O) groups is 1. The van der Waals surface area contributed by atoms with Crippen LogP contribution in [0.25, 0.3) is 0 Å². The van der Waals surface area contributed by atoms with Crippen LogP contribution in [-0.2, 0) is 4.74 Å². The number of piperidine rings is 2. The first-order chi connectivity index (χ1) is 12.1. The fraction of sp³-hybridized carbons (Fsp3) is 0.650. The molecule has 2 fully saturated rings. The average molecular weight is 384 g/mol. The summed E-state index contributed by atoms with van der Waals surface area (Å²) in [6, 6.07) is 5.82. The molecular formula is C20H30ClNO4. The number of methoxy groups -OCH3 is 2. The summed E-state index contributed by atoms with van der Waals surface area (Å²) in [5.74, 6) is 1.31. The van der Waals surface area contributed by atoms with Gasteiger partial charge in [-0.15, -0.1) is 0 Å². The van der Waals surface area contributed by atoms with E-state index in [0.29, 0.717) is 35.6 Å². The molecule has 0 spiro atoms. The highest BCUT2D eigenvalue weighted by Crippen LogP contribution is 2.36. The van der Waals surface area contributed by atoms with Crippen molar-refractivity contribution in [2.24, 2.45) is 5.92 Å². The number of benzene rings is 1. The number of esters is 1. The Morgan fingerprint density at radius 2 is 1.88 bits per heavy atom. The van der Waals surface area contributed by atoms with Gasteiger partial charge in [-0.1, -0.05) is 0 Å². The van der Waals surface area contributed by atoms with Gasteiger partial charge in [0, 0.05) is 18.4 Å². The van der Waals surface area contributed by atoms with E-state index in [-0.39, 0.29) is 18.4 Å². The van der Waals surface area contributed by atoms with Crippen molar-refractivity contribution in [2.75, 3.05) is 41.0 Å². The molecule has 2 saturated heterocycles. The summed E-state index contributed by atoms with van der Waals surface area (Å²) in [6.07, 6.45) is 6.26. The van der Waals surface area contributed by atoms with Gasteiger partial charge in [0.1, 0.15) is 23.7 Å². The zero-order valence-electron chi connectivity index (χ0n) is 16.0. The topological polar surface area (TPSA) is 44.8 Å². The molecule has 6 heteroatoms. The van der Waals surface area contributed by atoms with Crippen molar-refractivity contribution < 1.29 is 35.9 Å². The Labute approximate surface area is 162 Å². The number of hydrogen-bond donors (Lipinski definition) is 0. The molecule has 0 aliphatic carbocycles. The molecule has 2 aliphatic rings. The normalized spacial score (nSPS) is 27.7. The predicted octanol–water partition coefficient (Wildman–Crippen LogP) is 0.274. The van der Waals surface area contributed by atoms with Crippen molar-refractivity contribution in [1.82, 2.24) is 0 Å². The van der Waals surface area contributed by atoms with Crippen molar-refractivity contribution >= 4 is 5.97 Å². The number of carbonyl (C=O) groups excluding carboxylic acids is 1. The Bertz CT molecular complexity index is 620. The fourth-order valence-corrected chi connectivity index (χ4v) is 4.66. The van der Waals surface area contributed by atoms with Crippen LogP contribution >= 0.6 is 0 Å². The summed E-state index contributed by atoms with van der Waals surface area (Å²) >= 11 is 0. The van der Waals surface area contributed by atoms with E-state index in [2.05, 4.69) is 7.05 Å². The molecule has 146 valence electrons. The molecule has 0 N–H and O–H groups in total. The van der Waals surface area contributed by atoms with Gasteiger partial charge in [0.25, 0.3) is 0 Å². The molecule has 0 saturated carbocycles. The van der Waals surface area contributed by atoms with Crippen LogP contribution in [0.15, 0.2) is 18.2 Å². The largest absolute Gasteiger partial charge is 1.00 e. The smallest absolute Gasteiger partial charge is 0.341 e. The first-order valence-corrected chi connectivity index (χ1v) is 9.31. The molecule has 0 radical (unpaired) electrons. The summed E-state index contributed by atoms with van der Waals surface area (Å²) in [7, 11) is 5.53. The number of fused-ring (bicyclic) bond motifs is 1. The third-order valence-corrected chi connectivity index (χ3v) is 6.06. The number of rotatable bonds is 5. The third kappa shape index (κ3) is 4.26. The van der Waals surface area contributed by atoms with Crippen LogP contribution in [0.4, 0.5) is 0 Å². The van der Waals surface area contributed by atoms with Crippen molar-refractivity contribution in [3.63, 3.8) is 0 Å². The molecule has 0 amide bonds. The van der Waals surface area contributed by atoms with Gasteiger partial charge in [0.15, 0.2) is 0 Å². The van der Waals surface area contributed by atoms with E-state index in [0.717, 1.165) is 10.9 Å². The van der Waals surface area contributed by atoms with Gasteiger partial charge in [-0.3, -0.25) is 0 Å². The summed E-state index contributed by atoms with van der Waals surface area (Å²) in [5.41, 5.74) is 0.458. The Balaban J connectivity index is 0.00000243. The maximum Gasteiger partial charge on any atom is 0.341 e. The maximum absolute atomic E-state index is 12.6. The quantitative estimate of drug-likeness (QED) is 0.541. The van der Waals surface area contributed by atoms with E-state index < -0.39 is 0 Å². The summed E-state index contributed by atoms with van der Waals surface area (Å²) < 4.78 is 17.4. The SMILES string of the molecule is COc1ccc(C(=O)OCC2CCC[N+]3(C)CCCCC23)c(OC)c1.[Cl-]. The van der Waals surface area contributed by atoms with Crippen molar-refractivity contribution in [3.05, 3.63) is 23.8 Å². The minimum atomic E-state index is -0.310. The molecule has 3 atom stereocenters. The Kier molecular flexibility index (Phi) is 7.18. The van der Waals surface area contributed by atoms with E-state index in [1.807, 2.05) is 0 Å². The number of ether oxygens (including phenoxy) is 3. The van der Waals surface area contributed by atoms with Gasteiger partial charge in [0.2, 0.25) is 0 Å². The Hall–Kier alpha value is -1.46. The van der Waals surface area contributed by atoms with Crippen LogP contribution in [-0.4, -0.2) is 57.5 Å². The van der Waals surface area contributed by atoms with Crippen molar-refractivity contribution in [2.45, 2.75) is 38.1 Å². The Morgan fingerprint density at radius 3 is 2.62 bits per heavy atom. The molecule has 1 aromatic carbocycles. The predicted molar refractivity (Wildman–Crippen MR) is 96.1 cm³/mol. The van der Waals surface area contributed by atoms with Crippen LogP contribution in [0.1, 0.15) is 42.5 Å².